The van der Waals surface area contributed by atoms with E-state index in [1.807, 2.05) is 0 Å². The van der Waals surface area contributed by atoms with Gasteiger partial charge in [0, 0.05) is 0 Å². The molecule has 1 aromatic carbocycles. The maximum atomic E-state index is 13.0. The van der Waals surface area contributed by atoms with Gasteiger partial charge >= 0.3 is 0 Å². The number of nitrogen functional groups attached to an aromatic ring is 1. The molecule has 0 aliphatic rings. The monoisotopic (exact) mass is 228 g/mol. The zero-order valence-corrected chi connectivity index (χ0v) is 7.94. The number of nitrogens with two attached hydrogens (primary N) is 1. The van der Waals surface area contributed by atoms with E-state index in [1.54, 1.807) is 0 Å². The molecule has 2 aromatic rings. The van der Waals surface area contributed by atoms with Crippen molar-refractivity contribution < 1.29 is 13.2 Å². The van der Waals surface area contributed by atoms with Crippen LogP contribution in [-0.4, -0.2) is 15.0 Å². The number of rotatable bonds is 2. The van der Waals surface area contributed by atoms with Gasteiger partial charge in [0.25, 0.3) is 6.43 Å². The van der Waals surface area contributed by atoms with E-state index < -0.39 is 17.8 Å². The summed E-state index contributed by atoms with van der Waals surface area (Å²) in [5.74, 6) is -0.797. The number of anilines is 1. The Morgan fingerprint density at radius 3 is 2.62 bits per heavy atom. The minimum atomic E-state index is -2.87. The van der Waals surface area contributed by atoms with Crippen molar-refractivity contribution in [2.75, 3.05) is 5.73 Å². The third kappa shape index (κ3) is 1.83. The van der Waals surface area contributed by atoms with Crippen LogP contribution in [0.3, 0.4) is 0 Å². The maximum Gasteiger partial charge on any atom is 0.266 e. The zero-order chi connectivity index (χ0) is 11.7. The van der Waals surface area contributed by atoms with E-state index >= 15 is 0 Å². The van der Waals surface area contributed by atoms with E-state index in [0.717, 1.165) is 12.1 Å². The Morgan fingerprint density at radius 1 is 1.31 bits per heavy atom. The lowest BCUT2D eigenvalue weighted by molar-refractivity contribution is 0.146. The summed E-state index contributed by atoms with van der Waals surface area (Å²) in [6.45, 7) is 0. The minimum Gasteiger partial charge on any atom is -0.381 e. The van der Waals surface area contributed by atoms with Crippen LogP contribution in [0.5, 0.6) is 0 Å². The fourth-order valence-corrected chi connectivity index (χ4v) is 1.24. The van der Waals surface area contributed by atoms with Crippen LogP contribution in [0.25, 0.3) is 5.69 Å². The van der Waals surface area contributed by atoms with Crippen molar-refractivity contribution in [3.05, 3.63) is 35.8 Å². The second kappa shape index (κ2) is 3.84. The third-order valence-corrected chi connectivity index (χ3v) is 1.99. The molecule has 1 heterocycles. The molecule has 2 N–H and O–H groups in total. The van der Waals surface area contributed by atoms with E-state index in [2.05, 4.69) is 10.3 Å². The van der Waals surface area contributed by atoms with Crippen molar-refractivity contribution >= 4 is 5.82 Å². The summed E-state index contributed by atoms with van der Waals surface area (Å²) in [6, 6.07) is 3.28. The molecule has 0 unspecified atom stereocenters. The number of halogens is 3. The first-order valence-corrected chi connectivity index (χ1v) is 4.33. The molecule has 16 heavy (non-hydrogen) atoms. The number of alkyl halides is 2. The molecule has 0 spiro atoms. The van der Waals surface area contributed by atoms with Crippen LogP contribution < -0.4 is 5.73 Å². The molecule has 7 heteroatoms. The minimum absolute atomic E-state index is 0.155. The normalized spacial score (nSPS) is 11.0. The summed E-state index contributed by atoms with van der Waals surface area (Å²) < 4.78 is 39.0. The van der Waals surface area contributed by atoms with Gasteiger partial charge in [-0.1, -0.05) is 5.21 Å². The first-order valence-electron chi connectivity index (χ1n) is 4.33. The Kier molecular flexibility index (Phi) is 2.51. The summed E-state index contributed by atoms with van der Waals surface area (Å²) in [5.41, 5.74) is 4.93. The highest BCUT2D eigenvalue weighted by molar-refractivity contribution is 5.38. The lowest BCUT2D eigenvalue weighted by atomic mass is 10.2. The molecular formula is C9H7F3N4. The number of aromatic nitrogens is 3. The predicted molar refractivity (Wildman–Crippen MR) is 50.7 cm³/mol. The third-order valence-electron chi connectivity index (χ3n) is 1.99. The molecule has 0 radical (unpaired) electrons. The Bertz CT molecular complexity index is 509. The average molecular weight is 228 g/mol. The number of hydrogen-bond donors (Lipinski definition) is 1. The molecule has 0 fully saturated rings. The molecular weight excluding hydrogens is 221 g/mol. The summed E-state index contributed by atoms with van der Waals surface area (Å²) in [5, 5.41) is 7.09. The van der Waals surface area contributed by atoms with E-state index in [0.29, 0.717) is 0 Å². The second-order valence-corrected chi connectivity index (χ2v) is 3.09. The molecule has 0 bridgehead atoms. The molecule has 2 rings (SSSR count). The fraction of sp³-hybridized carbons (Fsp3) is 0.111. The SMILES string of the molecule is Nc1cn(-c2ccc(F)c(C(F)F)c2)nn1. The van der Waals surface area contributed by atoms with Crippen LogP contribution in [-0.2, 0) is 0 Å². The molecule has 0 aliphatic heterocycles. The summed E-state index contributed by atoms with van der Waals surface area (Å²) in [6.07, 6.45) is -1.52. The molecule has 0 saturated heterocycles. The van der Waals surface area contributed by atoms with Crippen LogP contribution in [0.2, 0.25) is 0 Å². The van der Waals surface area contributed by atoms with Crippen LogP contribution in [0.15, 0.2) is 24.4 Å². The van der Waals surface area contributed by atoms with Gasteiger partial charge in [0.2, 0.25) is 0 Å². The van der Waals surface area contributed by atoms with Gasteiger partial charge in [0.05, 0.1) is 17.4 Å². The van der Waals surface area contributed by atoms with Crippen LogP contribution in [0, 0.1) is 5.82 Å². The highest BCUT2D eigenvalue weighted by Crippen LogP contribution is 2.24. The van der Waals surface area contributed by atoms with Crippen molar-refractivity contribution in [2.24, 2.45) is 0 Å². The first kappa shape index (κ1) is 10.5. The topological polar surface area (TPSA) is 56.7 Å². The van der Waals surface area contributed by atoms with Crippen LogP contribution >= 0.6 is 0 Å². The van der Waals surface area contributed by atoms with E-state index in [1.165, 1.54) is 16.9 Å². The fourth-order valence-electron chi connectivity index (χ4n) is 1.24. The van der Waals surface area contributed by atoms with E-state index in [4.69, 9.17) is 5.73 Å². The highest BCUT2D eigenvalue weighted by Gasteiger charge is 2.14. The molecule has 4 nitrogen and oxygen atoms in total. The quantitative estimate of drug-likeness (QED) is 0.854. The molecule has 0 aliphatic carbocycles. The lowest BCUT2D eigenvalue weighted by Crippen LogP contribution is -1.98. The van der Waals surface area contributed by atoms with Gasteiger partial charge in [-0.25, -0.2) is 17.9 Å². The lowest BCUT2D eigenvalue weighted by Gasteiger charge is -2.05. The van der Waals surface area contributed by atoms with Crippen molar-refractivity contribution in [3.63, 3.8) is 0 Å². The van der Waals surface area contributed by atoms with Gasteiger partial charge in [-0.05, 0) is 18.2 Å². The number of benzene rings is 1. The molecule has 0 amide bonds. The largest absolute Gasteiger partial charge is 0.381 e. The Morgan fingerprint density at radius 2 is 2.06 bits per heavy atom. The van der Waals surface area contributed by atoms with Gasteiger partial charge in [-0.15, -0.1) is 5.10 Å². The first-order chi connectivity index (χ1) is 7.58. The average Bonchev–Trinajstić information content (AvgIpc) is 2.65. The van der Waals surface area contributed by atoms with Gasteiger partial charge in [-0.3, -0.25) is 0 Å². The molecule has 0 saturated carbocycles. The standard InChI is InChI=1S/C9H7F3N4/c10-7-2-1-5(3-6(7)9(11)12)16-4-8(13)14-15-16/h1-4,9H,13H2. The molecule has 0 atom stereocenters. The summed E-state index contributed by atoms with van der Waals surface area (Å²) in [7, 11) is 0. The van der Waals surface area contributed by atoms with Gasteiger partial charge < -0.3 is 5.73 Å². The van der Waals surface area contributed by atoms with Crippen molar-refractivity contribution in [3.8, 4) is 5.69 Å². The van der Waals surface area contributed by atoms with Gasteiger partial charge in [0.15, 0.2) is 5.82 Å². The van der Waals surface area contributed by atoms with Gasteiger partial charge in [0.1, 0.15) is 5.82 Å². The van der Waals surface area contributed by atoms with Gasteiger partial charge in [-0.2, -0.15) is 0 Å². The highest BCUT2D eigenvalue weighted by atomic mass is 19.3. The second-order valence-electron chi connectivity index (χ2n) is 3.09. The van der Waals surface area contributed by atoms with Crippen molar-refractivity contribution in [2.45, 2.75) is 6.43 Å². The van der Waals surface area contributed by atoms with Crippen molar-refractivity contribution in [1.82, 2.24) is 15.0 Å². The Labute approximate surface area is 88.5 Å². The maximum absolute atomic E-state index is 13.0. The Hall–Kier alpha value is -2.05. The molecule has 1 aromatic heterocycles. The van der Waals surface area contributed by atoms with Crippen molar-refractivity contribution in [1.29, 1.82) is 0 Å². The van der Waals surface area contributed by atoms with Crippen LogP contribution in [0.4, 0.5) is 19.0 Å². The Balaban J connectivity index is 2.47. The predicted octanol–water partition coefficient (Wildman–Crippen LogP) is 1.93. The number of hydrogen-bond acceptors (Lipinski definition) is 3. The van der Waals surface area contributed by atoms with E-state index in [9.17, 15) is 13.2 Å². The van der Waals surface area contributed by atoms with Crippen LogP contribution in [0.1, 0.15) is 12.0 Å². The summed E-state index contributed by atoms with van der Waals surface area (Å²) in [4.78, 5) is 0. The zero-order valence-electron chi connectivity index (χ0n) is 7.94. The molecule has 84 valence electrons. The van der Waals surface area contributed by atoms with E-state index in [-0.39, 0.29) is 11.5 Å². The summed E-state index contributed by atoms with van der Waals surface area (Å²) >= 11 is 0. The number of nitrogens with zero attached hydrogens (tertiary/aromatic N) is 3. The smallest absolute Gasteiger partial charge is 0.266 e.